The second-order valence-corrected chi connectivity index (χ2v) is 5.22. The fourth-order valence-corrected chi connectivity index (χ4v) is 2.17. The van der Waals surface area contributed by atoms with Crippen molar-refractivity contribution < 1.29 is 14.3 Å². The predicted molar refractivity (Wildman–Crippen MR) is 89.6 cm³/mol. The summed E-state index contributed by atoms with van der Waals surface area (Å²) < 4.78 is 4.61. The average molecular weight is 333 g/mol. The number of hydrogen-bond acceptors (Lipinski definition) is 4. The van der Waals surface area contributed by atoms with Crippen molar-refractivity contribution in [1.82, 2.24) is 5.32 Å². The number of esters is 1. The summed E-state index contributed by atoms with van der Waals surface area (Å²) in [4.78, 5) is 23.2. The van der Waals surface area contributed by atoms with Crippen molar-refractivity contribution in [2.75, 3.05) is 19.0 Å². The van der Waals surface area contributed by atoms with Crippen LogP contribution >= 0.6 is 11.6 Å². The van der Waals surface area contributed by atoms with Gasteiger partial charge in [-0.05, 0) is 35.9 Å². The summed E-state index contributed by atoms with van der Waals surface area (Å²) in [7, 11) is 1.32. The van der Waals surface area contributed by atoms with E-state index in [1.807, 2.05) is 24.3 Å². The van der Waals surface area contributed by atoms with Gasteiger partial charge in [0, 0.05) is 17.3 Å². The van der Waals surface area contributed by atoms with E-state index < -0.39 is 5.97 Å². The van der Waals surface area contributed by atoms with Gasteiger partial charge in [0.1, 0.15) is 0 Å². The quantitative estimate of drug-likeness (QED) is 0.798. The van der Waals surface area contributed by atoms with Crippen LogP contribution in [0.15, 0.2) is 48.5 Å². The fourth-order valence-electron chi connectivity index (χ4n) is 1.97. The minimum atomic E-state index is -0.413. The largest absolute Gasteiger partial charge is 0.465 e. The number of hydrogen-bond donors (Lipinski definition) is 2. The van der Waals surface area contributed by atoms with Gasteiger partial charge in [0.2, 0.25) is 5.91 Å². The molecule has 0 saturated carbocycles. The van der Waals surface area contributed by atoms with Crippen LogP contribution in [0.3, 0.4) is 0 Å². The molecule has 0 aliphatic heterocycles. The molecule has 0 unspecified atom stereocenters. The molecular weight excluding hydrogens is 316 g/mol. The maximum atomic E-state index is 11.9. The Bertz CT molecular complexity index is 686. The third-order valence-corrected chi connectivity index (χ3v) is 3.52. The SMILES string of the molecule is COC(=O)c1ccc(NC(=O)CNCc2ccccc2Cl)cc1. The number of anilines is 1. The molecule has 120 valence electrons. The summed E-state index contributed by atoms with van der Waals surface area (Å²) >= 11 is 6.04. The molecule has 0 saturated heterocycles. The maximum absolute atomic E-state index is 11.9. The summed E-state index contributed by atoms with van der Waals surface area (Å²) in [5, 5.41) is 6.44. The van der Waals surface area contributed by atoms with Crippen LogP contribution in [0.4, 0.5) is 5.69 Å². The number of methoxy groups -OCH3 is 1. The molecule has 0 fully saturated rings. The van der Waals surface area contributed by atoms with E-state index in [9.17, 15) is 9.59 Å². The second kappa shape index (κ2) is 8.31. The van der Waals surface area contributed by atoms with Gasteiger partial charge in [-0.15, -0.1) is 0 Å². The Labute approximate surface area is 139 Å². The molecule has 2 rings (SSSR count). The zero-order valence-corrected chi connectivity index (χ0v) is 13.4. The Morgan fingerprint density at radius 1 is 1.09 bits per heavy atom. The minimum Gasteiger partial charge on any atom is -0.465 e. The van der Waals surface area contributed by atoms with Crippen molar-refractivity contribution in [1.29, 1.82) is 0 Å². The van der Waals surface area contributed by atoms with Gasteiger partial charge in [-0.2, -0.15) is 0 Å². The number of halogens is 1. The molecule has 6 heteroatoms. The number of nitrogens with one attached hydrogen (secondary N) is 2. The van der Waals surface area contributed by atoms with E-state index in [4.69, 9.17) is 11.6 Å². The number of rotatable bonds is 6. The molecule has 0 heterocycles. The Kier molecular flexibility index (Phi) is 6.14. The summed E-state index contributed by atoms with van der Waals surface area (Å²) in [5.41, 5.74) is 1.98. The van der Waals surface area contributed by atoms with Gasteiger partial charge in [0.15, 0.2) is 0 Å². The normalized spacial score (nSPS) is 10.2. The van der Waals surface area contributed by atoms with Crippen LogP contribution in [0.5, 0.6) is 0 Å². The lowest BCUT2D eigenvalue weighted by molar-refractivity contribution is -0.115. The standard InChI is InChI=1S/C17H17ClN2O3/c1-23-17(22)12-6-8-14(9-7-12)20-16(21)11-19-10-13-4-2-3-5-15(13)18/h2-9,19H,10-11H2,1H3,(H,20,21). The van der Waals surface area contributed by atoms with Crippen LogP contribution in [-0.4, -0.2) is 25.5 Å². The van der Waals surface area contributed by atoms with Gasteiger partial charge in [0.05, 0.1) is 19.2 Å². The Morgan fingerprint density at radius 3 is 2.43 bits per heavy atom. The molecule has 2 aromatic carbocycles. The summed E-state index contributed by atoms with van der Waals surface area (Å²) in [5.74, 6) is -0.591. The van der Waals surface area contributed by atoms with Crippen LogP contribution in [0.1, 0.15) is 15.9 Å². The number of amides is 1. The van der Waals surface area contributed by atoms with Crippen molar-refractivity contribution in [3.8, 4) is 0 Å². The van der Waals surface area contributed by atoms with Gasteiger partial charge in [-0.3, -0.25) is 4.79 Å². The first-order valence-electron chi connectivity index (χ1n) is 7.02. The van der Waals surface area contributed by atoms with Crippen molar-refractivity contribution in [3.05, 3.63) is 64.7 Å². The highest BCUT2D eigenvalue weighted by atomic mass is 35.5. The average Bonchev–Trinajstić information content (AvgIpc) is 2.56. The third kappa shape index (κ3) is 5.09. The number of carbonyl (C=O) groups is 2. The summed E-state index contributed by atoms with van der Waals surface area (Å²) in [6.45, 7) is 0.665. The Balaban J connectivity index is 1.81. The lowest BCUT2D eigenvalue weighted by Gasteiger charge is -2.08. The highest BCUT2D eigenvalue weighted by molar-refractivity contribution is 6.31. The van der Waals surface area contributed by atoms with Crippen LogP contribution in [-0.2, 0) is 16.1 Å². The summed E-state index contributed by atoms with van der Waals surface area (Å²) in [6, 6.07) is 14.0. The fraction of sp³-hybridized carbons (Fsp3) is 0.176. The Hall–Kier alpha value is -2.37. The van der Waals surface area contributed by atoms with Crippen molar-refractivity contribution in [3.63, 3.8) is 0 Å². The van der Waals surface area contributed by atoms with E-state index in [0.717, 1.165) is 5.56 Å². The summed E-state index contributed by atoms with van der Waals surface area (Å²) in [6.07, 6.45) is 0. The molecule has 23 heavy (non-hydrogen) atoms. The van der Waals surface area contributed by atoms with E-state index in [0.29, 0.717) is 22.8 Å². The molecule has 0 aliphatic rings. The molecule has 0 spiro atoms. The number of benzene rings is 2. The molecular formula is C17H17ClN2O3. The van der Waals surface area contributed by atoms with Gasteiger partial charge in [0.25, 0.3) is 0 Å². The third-order valence-electron chi connectivity index (χ3n) is 3.15. The first kappa shape index (κ1) is 17.0. The van der Waals surface area contributed by atoms with E-state index in [-0.39, 0.29) is 12.5 Å². The van der Waals surface area contributed by atoms with E-state index in [1.165, 1.54) is 7.11 Å². The number of carbonyl (C=O) groups excluding carboxylic acids is 2. The van der Waals surface area contributed by atoms with Crippen LogP contribution in [0.2, 0.25) is 5.02 Å². The monoisotopic (exact) mass is 332 g/mol. The molecule has 0 bridgehead atoms. The lowest BCUT2D eigenvalue weighted by atomic mass is 10.2. The van der Waals surface area contributed by atoms with Gasteiger partial charge in [-0.25, -0.2) is 4.79 Å². The maximum Gasteiger partial charge on any atom is 0.337 e. The molecule has 0 radical (unpaired) electrons. The first-order chi connectivity index (χ1) is 11.1. The van der Waals surface area contributed by atoms with Gasteiger partial charge in [-0.1, -0.05) is 29.8 Å². The molecule has 1 amide bonds. The van der Waals surface area contributed by atoms with E-state index in [2.05, 4.69) is 15.4 Å². The van der Waals surface area contributed by atoms with Gasteiger partial charge >= 0.3 is 5.97 Å². The minimum absolute atomic E-state index is 0.157. The lowest BCUT2D eigenvalue weighted by Crippen LogP contribution is -2.27. The molecule has 2 aromatic rings. The van der Waals surface area contributed by atoms with Crippen molar-refractivity contribution in [2.45, 2.75) is 6.54 Å². The second-order valence-electron chi connectivity index (χ2n) is 4.81. The first-order valence-corrected chi connectivity index (χ1v) is 7.40. The molecule has 5 nitrogen and oxygen atoms in total. The van der Waals surface area contributed by atoms with Crippen molar-refractivity contribution in [2.24, 2.45) is 0 Å². The van der Waals surface area contributed by atoms with Crippen molar-refractivity contribution >= 4 is 29.2 Å². The van der Waals surface area contributed by atoms with E-state index in [1.54, 1.807) is 24.3 Å². The zero-order valence-electron chi connectivity index (χ0n) is 12.6. The molecule has 0 aromatic heterocycles. The topological polar surface area (TPSA) is 67.4 Å². The van der Waals surface area contributed by atoms with Crippen LogP contribution < -0.4 is 10.6 Å². The predicted octanol–water partition coefficient (Wildman–Crippen LogP) is 2.85. The zero-order chi connectivity index (χ0) is 16.7. The highest BCUT2D eigenvalue weighted by Crippen LogP contribution is 2.14. The molecule has 2 N–H and O–H groups in total. The van der Waals surface area contributed by atoms with E-state index >= 15 is 0 Å². The highest BCUT2D eigenvalue weighted by Gasteiger charge is 2.06. The van der Waals surface area contributed by atoms with Crippen LogP contribution in [0, 0.1) is 0 Å². The smallest absolute Gasteiger partial charge is 0.337 e. The van der Waals surface area contributed by atoms with Crippen LogP contribution in [0.25, 0.3) is 0 Å². The Morgan fingerprint density at radius 2 is 1.78 bits per heavy atom. The molecule has 0 atom stereocenters. The number of ether oxygens (including phenoxy) is 1. The molecule has 0 aliphatic carbocycles. The van der Waals surface area contributed by atoms with Gasteiger partial charge < -0.3 is 15.4 Å².